The first-order valence-corrected chi connectivity index (χ1v) is 8.13. The van der Waals surface area contributed by atoms with E-state index < -0.39 is 10.0 Å². The van der Waals surface area contributed by atoms with Crippen molar-refractivity contribution in [2.24, 2.45) is 5.73 Å². The predicted octanol–water partition coefficient (Wildman–Crippen LogP) is 1.46. The zero-order valence-corrected chi connectivity index (χ0v) is 12.7. The number of nitrogens with zero attached hydrogens (tertiary/aromatic N) is 2. The molecule has 0 amide bonds. The van der Waals surface area contributed by atoms with Gasteiger partial charge >= 0.3 is 0 Å². The van der Waals surface area contributed by atoms with Gasteiger partial charge in [-0.15, -0.1) is 0 Å². The number of hydrogen-bond acceptors (Lipinski definition) is 4. The Morgan fingerprint density at radius 2 is 2.11 bits per heavy atom. The summed E-state index contributed by atoms with van der Waals surface area (Å²) in [5, 5.41) is 6.47. The highest BCUT2D eigenvalue weighted by molar-refractivity contribution is 7.89. The number of sulfonamides is 1. The Morgan fingerprint density at radius 3 is 2.63 bits per heavy atom. The van der Waals surface area contributed by atoms with Gasteiger partial charge in [0.2, 0.25) is 0 Å². The van der Waals surface area contributed by atoms with Crippen LogP contribution in [0.15, 0.2) is 11.2 Å². The highest BCUT2D eigenvalue weighted by Crippen LogP contribution is 2.20. The Labute approximate surface area is 115 Å². The second-order valence-electron chi connectivity index (χ2n) is 4.85. The molecule has 0 atom stereocenters. The van der Waals surface area contributed by atoms with Crippen LogP contribution >= 0.6 is 0 Å². The monoisotopic (exact) mass is 288 g/mol. The molecule has 0 unspecified atom stereocenters. The number of nitrogens with two attached hydrogens (primary N) is 1. The summed E-state index contributed by atoms with van der Waals surface area (Å²) in [6.45, 7) is 6.53. The largest absolute Gasteiger partial charge is 0.326 e. The van der Waals surface area contributed by atoms with Crippen molar-refractivity contribution in [3.05, 3.63) is 11.8 Å². The molecule has 0 aliphatic rings. The van der Waals surface area contributed by atoms with Crippen LogP contribution in [0, 0.1) is 0 Å². The van der Waals surface area contributed by atoms with E-state index in [1.54, 1.807) is 0 Å². The fourth-order valence-electron chi connectivity index (χ4n) is 1.96. The van der Waals surface area contributed by atoms with Gasteiger partial charge in [0.15, 0.2) is 5.03 Å². The van der Waals surface area contributed by atoms with Crippen LogP contribution in [0.1, 0.15) is 45.6 Å². The molecular formula is C12H24N4O2S. The maximum Gasteiger partial charge on any atom is 0.260 e. The summed E-state index contributed by atoms with van der Waals surface area (Å²) in [6.07, 6.45) is 4.41. The molecule has 1 rings (SSSR count). The molecule has 0 aliphatic heterocycles. The van der Waals surface area contributed by atoms with Gasteiger partial charge in [0.1, 0.15) is 0 Å². The molecule has 0 bridgehead atoms. The third kappa shape index (κ3) is 3.77. The van der Waals surface area contributed by atoms with E-state index in [0.29, 0.717) is 12.1 Å². The lowest BCUT2D eigenvalue weighted by atomic mass is 10.2. The quantitative estimate of drug-likeness (QED) is 0.708. The fourth-order valence-corrected chi connectivity index (χ4v) is 3.75. The van der Waals surface area contributed by atoms with Gasteiger partial charge in [0.05, 0.1) is 6.20 Å². The van der Waals surface area contributed by atoms with E-state index in [9.17, 15) is 8.42 Å². The van der Waals surface area contributed by atoms with Gasteiger partial charge in [0, 0.05) is 24.7 Å². The molecule has 6 nitrogen and oxygen atoms in total. The normalized spacial score (nSPS) is 12.5. The number of H-pyrrole nitrogens is 1. The highest BCUT2D eigenvalue weighted by atomic mass is 32.2. The Kier molecular flexibility index (Phi) is 5.96. The van der Waals surface area contributed by atoms with E-state index in [2.05, 4.69) is 17.1 Å². The average molecular weight is 288 g/mol. The van der Waals surface area contributed by atoms with Crippen LogP contribution in [0.4, 0.5) is 0 Å². The molecule has 3 N–H and O–H groups in total. The molecule has 19 heavy (non-hydrogen) atoms. The molecule has 110 valence electrons. The molecule has 0 radical (unpaired) electrons. The maximum atomic E-state index is 12.6. The molecule has 1 aromatic heterocycles. The van der Waals surface area contributed by atoms with Gasteiger partial charge < -0.3 is 5.73 Å². The van der Waals surface area contributed by atoms with E-state index in [4.69, 9.17) is 5.73 Å². The Morgan fingerprint density at radius 1 is 1.42 bits per heavy atom. The lowest BCUT2D eigenvalue weighted by Crippen LogP contribution is -2.38. The Bertz CT molecular complexity index is 482. The Hall–Kier alpha value is -0.920. The van der Waals surface area contributed by atoms with Crippen molar-refractivity contribution < 1.29 is 8.42 Å². The number of rotatable bonds is 8. The Balaban J connectivity index is 3.00. The summed E-state index contributed by atoms with van der Waals surface area (Å²) in [4.78, 5) is 0. The topological polar surface area (TPSA) is 92.1 Å². The van der Waals surface area contributed by atoms with Crippen molar-refractivity contribution >= 4 is 10.0 Å². The van der Waals surface area contributed by atoms with Gasteiger partial charge in [-0.05, 0) is 20.3 Å². The van der Waals surface area contributed by atoms with Gasteiger partial charge in [-0.3, -0.25) is 5.10 Å². The molecular weight excluding hydrogens is 264 g/mol. The summed E-state index contributed by atoms with van der Waals surface area (Å²) in [5.74, 6) is 0. The van der Waals surface area contributed by atoms with Gasteiger partial charge in [-0.2, -0.15) is 9.40 Å². The first-order chi connectivity index (χ1) is 8.95. The number of aromatic amines is 1. The number of hydrogen-bond donors (Lipinski definition) is 2. The van der Waals surface area contributed by atoms with Crippen LogP contribution in [0.3, 0.4) is 0 Å². The molecule has 0 saturated heterocycles. The zero-order valence-electron chi connectivity index (χ0n) is 11.9. The van der Waals surface area contributed by atoms with E-state index in [1.807, 2.05) is 13.8 Å². The molecule has 7 heteroatoms. The molecule has 1 aromatic rings. The summed E-state index contributed by atoms with van der Waals surface area (Å²) < 4.78 is 26.7. The molecule has 0 aromatic carbocycles. The summed E-state index contributed by atoms with van der Waals surface area (Å²) in [6, 6.07) is -0.0872. The molecule has 0 fully saturated rings. The predicted molar refractivity (Wildman–Crippen MR) is 75.0 cm³/mol. The van der Waals surface area contributed by atoms with Crippen molar-refractivity contribution in [1.29, 1.82) is 0 Å². The van der Waals surface area contributed by atoms with Crippen LogP contribution in [-0.2, 0) is 16.6 Å². The minimum atomic E-state index is -3.54. The smallest absolute Gasteiger partial charge is 0.260 e. The summed E-state index contributed by atoms with van der Waals surface area (Å²) in [5.41, 5.74) is 6.08. The van der Waals surface area contributed by atoms with Gasteiger partial charge in [0.25, 0.3) is 10.0 Å². The minimum Gasteiger partial charge on any atom is -0.326 e. The van der Waals surface area contributed by atoms with Crippen molar-refractivity contribution in [1.82, 2.24) is 14.5 Å². The minimum absolute atomic E-state index is 0.0872. The molecule has 0 saturated carbocycles. The van der Waals surface area contributed by atoms with Crippen molar-refractivity contribution in [2.45, 2.75) is 57.6 Å². The number of unbranched alkanes of at least 4 members (excludes halogenated alkanes) is 2. The molecule has 0 spiro atoms. The van der Waals surface area contributed by atoms with E-state index in [1.165, 1.54) is 10.5 Å². The highest BCUT2D eigenvalue weighted by Gasteiger charge is 2.29. The second-order valence-corrected chi connectivity index (χ2v) is 6.67. The fraction of sp³-hybridized carbons (Fsp3) is 0.750. The third-order valence-electron chi connectivity index (χ3n) is 3.02. The van der Waals surface area contributed by atoms with Crippen molar-refractivity contribution in [3.63, 3.8) is 0 Å². The zero-order chi connectivity index (χ0) is 14.5. The van der Waals surface area contributed by atoms with Crippen LogP contribution < -0.4 is 5.73 Å². The van der Waals surface area contributed by atoms with E-state index >= 15 is 0 Å². The summed E-state index contributed by atoms with van der Waals surface area (Å²) >= 11 is 0. The maximum absolute atomic E-state index is 12.6. The standard InChI is InChI=1S/C12H24N4O2S/c1-4-5-6-7-16(10(2)3)19(17,18)12-11(8-13)9-14-15-12/h9-10H,4-8,13H2,1-3H3,(H,14,15). The number of nitrogens with one attached hydrogen (secondary N) is 1. The first-order valence-electron chi connectivity index (χ1n) is 6.69. The average Bonchev–Trinajstić information content (AvgIpc) is 2.82. The first kappa shape index (κ1) is 16.1. The lowest BCUT2D eigenvalue weighted by Gasteiger charge is -2.25. The van der Waals surface area contributed by atoms with Crippen LogP contribution in [0.25, 0.3) is 0 Å². The van der Waals surface area contributed by atoms with Crippen LogP contribution in [0.5, 0.6) is 0 Å². The van der Waals surface area contributed by atoms with Gasteiger partial charge in [-0.25, -0.2) is 8.42 Å². The number of aromatic nitrogens is 2. The van der Waals surface area contributed by atoms with E-state index in [-0.39, 0.29) is 17.6 Å². The van der Waals surface area contributed by atoms with Crippen molar-refractivity contribution in [2.75, 3.05) is 6.54 Å². The third-order valence-corrected chi connectivity index (χ3v) is 5.11. The SMILES string of the molecule is CCCCCN(C(C)C)S(=O)(=O)c1[nH]ncc1CN. The van der Waals surface area contributed by atoms with Crippen LogP contribution in [-0.4, -0.2) is 35.5 Å². The van der Waals surface area contributed by atoms with E-state index in [0.717, 1.165) is 19.3 Å². The second kappa shape index (κ2) is 7.02. The molecule has 0 aliphatic carbocycles. The molecule has 1 heterocycles. The lowest BCUT2D eigenvalue weighted by molar-refractivity contribution is 0.344. The van der Waals surface area contributed by atoms with Crippen LogP contribution in [0.2, 0.25) is 0 Å². The van der Waals surface area contributed by atoms with Gasteiger partial charge in [-0.1, -0.05) is 19.8 Å². The van der Waals surface area contributed by atoms with Crippen molar-refractivity contribution in [3.8, 4) is 0 Å². The summed E-state index contributed by atoms with van der Waals surface area (Å²) in [7, 11) is -3.54.